The van der Waals surface area contributed by atoms with Gasteiger partial charge in [0.2, 0.25) is 0 Å². The molecule has 0 aromatic carbocycles. The third-order valence-corrected chi connectivity index (χ3v) is 3.43. The molecule has 5 nitrogen and oxygen atoms in total. The zero-order chi connectivity index (χ0) is 13.0. The van der Waals surface area contributed by atoms with Crippen molar-refractivity contribution in [3.05, 3.63) is 24.0 Å². The van der Waals surface area contributed by atoms with Crippen molar-refractivity contribution >= 4 is 11.6 Å². The van der Waals surface area contributed by atoms with Gasteiger partial charge in [-0.3, -0.25) is 9.78 Å². The van der Waals surface area contributed by atoms with Crippen LogP contribution in [0.1, 0.15) is 30.1 Å². The molecule has 0 spiro atoms. The van der Waals surface area contributed by atoms with Gasteiger partial charge in [-0.25, -0.2) is 0 Å². The Kier molecular flexibility index (Phi) is 4.15. The van der Waals surface area contributed by atoms with Crippen LogP contribution in [-0.4, -0.2) is 30.1 Å². The minimum absolute atomic E-state index is 0.126. The molecule has 1 unspecified atom stereocenters. The Morgan fingerprint density at radius 2 is 2.28 bits per heavy atom. The second kappa shape index (κ2) is 5.82. The molecular weight excluding hydrogens is 230 g/mol. The first-order valence-electron chi connectivity index (χ1n) is 6.26. The maximum atomic E-state index is 12.1. The smallest absolute Gasteiger partial charge is 0.255 e. The summed E-state index contributed by atoms with van der Waals surface area (Å²) in [7, 11) is 0. The van der Waals surface area contributed by atoms with Crippen LogP contribution in [0.3, 0.4) is 0 Å². The molecular formula is C13H19N3O2. The van der Waals surface area contributed by atoms with Crippen molar-refractivity contribution in [2.24, 2.45) is 5.92 Å². The van der Waals surface area contributed by atoms with Crippen molar-refractivity contribution in [3.8, 4) is 0 Å². The molecule has 3 N–H and O–H groups in total. The number of carbonyl (C=O) groups excluding carboxylic acids is 1. The summed E-state index contributed by atoms with van der Waals surface area (Å²) in [6.45, 7) is 3.58. The maximum absolute atomic E-state index is 12.1. The van der Waals surface area contributed by atoms with Crippen LogP contribution in [0.15, 0.2) is 18.5 Å². The molecule has 98 valence electrons. The van der Waals surface area contributed by atoms with E-state index in [9.17, 15) is 4.79 Å². The fourth-order valence-electron chi connectivity index (χ4n) is 2.21. The first kappa shape index (κ1) is 12.8. The number of nitrogens with zero attached hydrogens (tertiary/aromatic N) is 1. The van der Waals surface area contributed by atoms with Gasteiger partial charge in [0.1, 0.15) is 0 Å². The molecule has 1 amide bonds. The molecule has 2 heterocycles. The van der Waals surface area contributed by atoms with E-state index in [1.54, 1.807) is 12.3 Å². The lowest BCUT2D eigenvalue weighted by Crippen LogP contribution is -2.40. The summed E-state index contributed by atoms with van der Waals surface area (Å²) in [4.78, 5) is 16.0. The van der Waals surface area contributed by atoms with Crippen molar-refractivity contribution in [2.45, 2.75) is 25.8 Å². The Morgan fingerprint density at radius 3 is 2.94 bits per heavy atom. The normalized spacial score (nSPS) is 18.3. The van der Waals surface area contributed by atoms with Crippen LogP contribution in [0.2, 0.25) is 0 Å². The lowest BCUT2D eigenvalue weighted by Gasteiger charge is -2.28. The van der Waals surface area contributed by atoms with Gasteiger partial charge in [-0.1, -0.05) is 0 Å². The molecule has 1 saturated heterocycles. The van der Waals surface area contributed by atoms with E-state index in [0.717, 1.165) is 26.1 Å². The Balaban J connectivity index is 1.96. The largest absolute Gasteiger partial charge is 0.398 e. The molecule has 1 aliphatic rings. The highest BCUT2D eigenvalue weighted by Crippen LogP contribution is 2.19. The van der Waals surface area contributed by atoms with Crippen molar-refractivity contribution in [1.82, 2.24) is 10.3 Å². The average molecular weight is 249 g/mol. The van der Waals surface area contributed by atoms with E-state index in [2.05, 4.69) is 10.3 Å². The molecule has 0 bridgehead atoms. The van der Waals surface area contributed by atoms with E-state index in [-0.39, 0.29) is 11.9 Å². The predicted octanol–water partition coefficient (Wildman–Crippen LogP) is 1.21. The summed E-state index contributed by atoms with van der Waals surface area (Å²) < 4.78 is 5.32. The SMILES string of the molecule is CC(NC(=O)c1cnccc1N)C1CCOCC1. The summed E-state index contributed by atoms with van der Waals surface area (Å²) >= 11 is 0. The number of ether oxygens (including phenoxy) is 1. The Labute approximate surface area is 107 Å². The van der Waals surface area contributed by atoms with Gasteiger partial charge in [-0.15, -0.1) is 0 Å². The lowest BCUT2D eigenvalue weighted by atomic mass is 9.93. The Morgan fingerprint density at radius 1 is 1.56 bits per heavy atom. The quantitative estimate of drug-likeness (QED) is 0.844. The van der Waals surface area contributed by atoms with E-state index < -0.39 is 0 Å². The minimum atomic E-state index is -0.153. The summed E-state index contributed by atoms with van der Waals surface area (Å²) in [5.74, 6) is 0.320. The highest BCUT2D eigenvalue weighted by atomic mass is 16.5. The van der Waals surface area contributed by atoms with Crippen molar-refractivity contribution in [1.29, 1.82) is 0 Å². The minimum Gasteiger partial charge on any atom is -0.398 e. The van der Waals surface area contributed by atoms with Gasteiger partial charge in [-0.05, 0) is 31.7 Å². The van der Waals surface area contributed by atoms with E-state index in [4.69, 9.17) is 10.5 Å². The van der Waals surface area contributed by atoms with Gasteiger partial charge in [-0.2, -0.15) is 0 Å². The summed E-state index contributed by atoms with van der Waals surface area (Å²) in [5.41, 5.74) is 6.66. The molecule has 1 atom stereocenters. The maximum Gasteiger partial charge on any atom is 0.255 e. The zero-order valence-corrected chi connectivity index (χ0v) is 10.6. The molecule has 1 fully saturated rings. The first-order chi connectivity index (χ1) is 8.68. The van der Waals surface area contributed by atoms with E-state index in [1.165, 1.54) is 6.20 Å². The second-order valence-electron chi connectivity index (χ2n) is 4.67. The number of nitrogen functional groups attached to an aromatic ring is 1. The molecule has 0 saturated carbocycles. The summed E-state index contributed by atoms with van der Waals surface area (Å²) in [6, 6.07) is 1.76. The molecule has 1 aromatic rings. The number of hydrogen-bond donors (Lipinski definition) is 2. The van der Waals surface area contributed by atoms with Crippen LogP contribution in [0.4, 0.5) is 5.69 Å². The fourth-order valence-corrected chi connectivity index (χ4v) is 2.21. The topological polar surface area (TPSA) is 77.2 Å². The van der Waals surface area contributed by atoms with E-state index in [1.807, 2.05) is 6.92 Å². The summed E-state index contributed by atoms with van der Waals surface area (Å²) in [6.07, 6.45) is 5.06. The average Bonchev–Trinajstić information content (AvgIpc) is 2.40. The van der Waals surface area contributed by atoms with Gasteiger partial charge in [0.15, 0.2) is 0 Å². The molecule has 0 aliphatic carbocycles. The number of aromatic nitrogens is 1. The van der Waals surface area contributed by atoms with Crippen LogP contribution >= 0.6 is 0 Å². The second-order valence-corrected chi connectivity index (χ2v) is 4.67. The van der Waals surface area contributed by atoms with E-state index >= 15 is 0 Å². The van der Waals surface area contributed by atoms with Crippen molar-refractivity contribution in [3.63, 3.8) is 0 Å². The van der Waals surface area contributed by atoms with Crippen LogP contribution in [0, 0.1) is 5.92 Å². The highest BCUT2D eigenvalue weighted by Gasteiger charge is 2.22. The number of nitrogens with one attached hydrogen (secondary N) is 1. The number of anilines is 1. The third kappa shape index (κ3) is 2.98. The predicted molar refractivity (Wildman–Crippen MR) is 69.1 cm³/mol. The molecule has 2 rings (SSSR count). The van der Waals surface area contributed by atoms with Gasteiger partial charge < -0.3 is 15.8 Å². The molecule has 0 radical (unpaired) electrons. The third-order valence-electron chi connectivity index (χ3n) is 3.43. The lowest BCUT2D eigenvalue weighted by molar-refractivity contribution is 0.0538. The Hall–Kier alpha value is -1.62. The van der Waals surface area contributed by atoms with Gasteiger partial charge in [0.25, 0.3) is 5.91 Å². The van der Waals surface area contributed by atoms with Crippen molar-refractivity contribution < 1.29 is 9.53 Å². The van der Waals surface area contributed by atoms with Crippen LogP contribution in [-0.2, 0) is 4.74 Å². The van der Waals surface area contributed by atoms with Crippen molar-refractivity contribution in [2.75, 3.05) is 18.9 Å². The zero-order valence-electron chi connectivity index (χ0n) is 10.6. The number of hydrogen-bond acceptors (Lipinski definition) is 4. The number of rotatable bonds is 3. The van der Waals surface area contributed by atoms with Gasteiger partial charge >= 0.3 is 0 Å². The standard InChI is InChI=1S/C13H19N3O2/c1-9(10-3-6-18-7-4-10)16-13(17)11-8-15-5-2-12(11)14/h2,5,8-10H,3-4,6-7H2,1H3,(H2,14,15)(H,16,17). The van der Waals surface area contributed by atoms with Gasteiger partial charge in [0, 0.05) is 37.3 Å². The number of carbonyl (C=O) groups is 1. The molecule has 18 heavy (non-hydrogen) atoms. The monoisotopic (exact) mass is 249 g/mol. The Bertz CT molecular complexity index is 416. The highest BCUT2D eigenvalue weighted by molar-refractivity contribution is 5.98. The van der Waals surface area contributed by atoms with Crippen LogP contribution in [0.25, 0.3) is 0 Å². The number of nitrogens with two attached hydrogens (primary N) is 1. The van der Waals surface area contributed by atoms with Crippen LogP contribution < -0.4 is 11.1 Å². The van der Waals surface area contributed by atoms with Gasteiger partial charge in [0.05, 0.1) is 5.56 Å². The van der Waals surface area contributed by atoms with E-state index in [0.29, 0.717) is 17.2 Å². The summed E-state index contributed by atoms with van der Waals surface area (Å²) in [5, 5.41) is 2.99. The molecule has 5 heteroatoms. The molecule has 1 aliphatic heterocycles. The number of pyridine rings is 1. The van der Waals surface area contributed by atoms with Crippen LogP contribution in [0.5, 0.6) is 0 Å². The first-order valence-corrected chi connectivity index (χ1v) is 6.26. The fraction of sp³-hybridized carbons (Fsp3) is 0.538. The number of amides is 1. The molecule has 1 aromatic heterocycles.